The van der Waals surface area contributed by atoms with Crippen LogP contribution >= 0.6 is 0 Å². The molecule has 3 N–H and O–H groups in total. The van der Waals surface area contributed by atoms with Crippen LogP contribution in [0.5, 0.6) is 0 Å². The third-order valence-electron chi connectivity index (χ3n) is 4.73. The molecule has 1 amide bonds. The van der Waals surface area contributed by atoms with Gasteiger partial charge < -0.3 is 10.7 Å². The van der Waals surface area contributed by atoms with E-state index in [1.807, 2.05) is 6.07 Å². The lowest BCUT2D eigenvalue weighted by Gasteiger charge is -2.03. The smallest absolute Gasteiger partial charge is 0.217 e. The minimum absolute atomic E-state index is 0.157. The van der Waals surface area contributed by atoms with E-state index in [4.69, 9.17) is 5.73 Å². The van der Waals surface area contributed by atoms with Gasteiger partial charge in [-0.25, -0.2) is 0 Å². The zero-order chi connectivity index (χ0) is 13.8. The first-order chi connectivity index (χ1) is 8.93. The Bertz CT molecular complexity index is 654. The molecule has 3 nitrogen and oxygen atoms in total. The molecule has 0 bridgehead atoms. The van der Waals surface area contributed by atoms with Gasteiger partial charge in [-0.2, -0.15) is 0 Å². The highest BCUT2D eigenvalue weighted by molar-refractivity contribution is 5.86. The average Bonchev–Trinajstić information content (AvgIpc) is 2.69. The number of carbonyl (C=O) groups excluding carboxylic acids is 1. The average molecular weight is 256 g/mol. The number of hydrogen-bond donors (Lipinski definition) is 2. The van der Waals surface area contributed by atoms with Crippen molar-refractivity contribution in [1.82, 2.24) is 4.98 Å². The topological polar surface area (TPSA) is 58.9 Å². The molecule has 1 aromatic carbocycles. The van der Waals surface area contributed by atoms with Crippen LogP contribution < -0.4 is 5.73 Å². The second-order valence-corrected chi connectivity index (χ2v) is 6.29. The third kappa shape index (κ3) is 1.76. The lowest BCUT2D eigenvalue weighted by atomic mass is 10.0. The van der Waals surface area contributed by atoms with Crippen LogP contribution in [0.25, 0.3) is 10.9 Å². The quantitative estimate of drug-likeness (QED) is 0.871. The summed E-state index contributed by atoms with van der Waals surface area (Å²) in [7, 11) is 0. The molecule has 2 aromatic rings. The number of nitrogens with one attached hydrogen (secondary N) is 1. The number of nitrogens with two attached hydrogens (primary N) is 1. The molecule has 0 aliphatic heterocycles. The zero-order valence-corrected chi connectivity index (χ0v) is 11.7. The Morgan fingerprint density at radius 1 is 1.37 bits per heavy atom. The van der Waals surface area contributed by atoms with Crippen molar-refractivity contribution in [2.75, 3.05) is 0 Å². The first kappa shape index (κ1) is 12.3. The fraction of sp³-hybridized carbons (Fsp3) is 0.438. The van der Waals surface area contributed by atoms with Crippen LogP contribution in [0.1, 0.15) is 37.4 Å². The second-order valence-electron chi connectivity index (χ2n) is 6.29. The number of fused-ring (bicyclic) bond motifs is 1. The summed E-state index contributed by atoms with van der Waals surface area (Å²) in [5, 5.41) is 1.28. The van der Waals surface area contributed by atoms with E-state index in [1.54, 1.807) is 0 Å². The van der Waals surface area contributed by atoms with Gasteiger partial charge in [-0.1, -0.05) is 32.0 Å². The van der Waals surface area contributed by atoms with Crippen LogP contribution in [0, 0.1) is 18.3 Å². The van der Waals surface area contributed by atoms with Crippen molar-refractivity contribution < 1.29 is 4.79 Å². The van der Waals surface area contributed by atoms with Crippen LogP contribution in [0.15, 0.2) is 24.3 Å². The van der Waals surface area contributed by atoms with Gasteiger partial charge in [-0.05, 0) is 35.8 Å². The van der Waals surface area contributed by atoms with Crippen LogP contribution in [-0.2, 0) is 4.79 Å². The number of hydrogen-bond acceptors (Lipinski definition) is 1. The van der Waals surface area contributed by atoms with Crippen molar-refractivity contribution in [1.29, 1.82) is 0 Å². The molecular formula is C16H20N2O. The summed E-state index contributed by atoms with van der Waals surface area (Å²) in [5.74, 6) is 0.595. The summed E-state index contributed by atoms with van der Waals surface area (Å²) >= 11 is 0. The number of aryl methyl sites for hydroxylation is 1. The highest BCUT2D eigenvalue weighted by Crippen LogP contribution is 2.67. The number of benzene rings is 1. The number of para-hydroxylation sites is 1. The van der Waals surface area contributed by atoms with Gasteiger partial charge in [-0.15, -0.1) is 0 Å². The molecular weight excluding hydrogens is 236 g/mol. The minimum atomic E-state index is -0.196. The van der Waals surface area contributed by atoms with Crippen molar-refractivity contribution >= 4 is 16.8 Å². The molecule has 1 saturated carbocycles. The van der Waals surface area contributed by atoms with Crippen LogP contribution in [0.4, 0.5) is 0 Å². The molecule has 2 atom stereocenters. The predicted molar refractivity (Wildman–Crippen MR) is 76.9 cm³/mol. The third-order valence-corrected chi connectivity index (χ3v) is 4.73. The standard InChI is InChI=1S/C16H20N2O/c1-9-14(10-6-4-5-7-12(10)18-9)15-11(8-13(17)19)16(15,2)3/h4-7,11,15,18H,8H2,1-3H3,(H2,17,19)/t11-,15+/m0/s1. The molecule has 1 fully saturated rings. The molecule has 0 radical (unpaired) electrons. The van der Waals surface area contributed by atoms with Gasteiger partial charge in [0.25, 0.3) is 0 Å². The summed E-state index contributed by atoms with van der Waals surface area (Å²) in [5.41, 5.74) is 9.29. The number of aromatic nitrogens is 1. The number of aromatic amines is 1. The summed E-state index contributed by atoms with van der Waals surface area (Å²) in [6, 6.07) is 8.37. The number of primary amides is 1. The molecule has 0 spiro atoms. The molecule has 0 unspecified atom stereocenters. The fourth-order valence-corrected chi connectivity index (χ4v) is 3.61. The van der Waals surface area contributed by atoms with Gasteiger partial charge in [-0.3, -0.25) is 4.79 Å². The number of amides is 1. The van der Waals surface area contributed by atoms with Crippen molar-refractivity contribution in [2.45, 2.75) is 33.1 Å². The van der Waals surface area contributed by atoms with Crippen molar-refractivity contribution in [3.8, 4) is 0 Å². The minimum Gasteiger partial charge on any atom is -0.370 e. The second kappa shape index (κ2) is 3.86. The van der Waals surface area contributed by atoms with Crippen molar-refractivity contribution in [3.05, 3.63) is 35.5 Å². The molecule has 1 heterocycles. The Morgan fingerprint density at radius 2 is 2.05 bits per heavy atom. The Kier molecular flexibility index (Phi) is 2.49. The summed E-state index contributed by atoms with van der Waals surface area (Å²) in [6.45, 7) is 6.57. The van der Waals surface area contributed by atoms with Crippen LogP contribution in [-0.4, -0.2) is 10.9 Å². The Labute approximate surface area is 113 Å². The van der Waals surface area contributed by atoms with E-state index in [0.29, 0.717) is 18.3 Å². The van der Waals surface area contributed by atoms with E-state index in [-0.39, 0.29) is 11.3 Å². The van der Waals surface area contributed by atoms with E-state index in [1.165, 1.54) is 22.2 Å². The molecule has 1 aliphatic carbocycles. The van der Waals surface area contributed by atoms with Gasteiger partial charge in [0, 0.05) is 23.0 Å². The van der Waals surface area contributed by atoms with E-state index < -0.39 is 0 Å². The maximum absolute atomic E-state index is 11.2. The molecule has 100 valence electrons. The maximum Gasteiger partial charge on any atom is 0.217 e. The monoisotopic (exact) mass is 256 g/mol. The molecule has 1 aromatic heterocycles. The van der Waals surface area contributed by atoms with Crippen LogP contribution in [0.2, 0.25) is 0 Å². The fourth-order valence-electron chi connectivity index (χ4n) is 3.61. The van der Waals surface area contributed by atoms with E-state index >= 15 is 0 Å². The number of H-pyrrole nitrogens is 1. The van der Waals surface area contributed by atoms with Gasteiger partial charge in [0.05, 0.1) is 0 Å². The molecule has 1 aliphatic rings. The Balaban J connectivity index is 2.06. The molecule has 0 saturated heterocycles. The van der Waals surface area contributed by atoms with E-state index in [9.17, 15) is 4.79 Å². The Hall–Kier alpha value is -1.77. The van der Waals surface area contributed by atoms with E-state index in [0.717, 1.165) is 0 Å². The lowest BCUT2D eigenvalue weighted by molar-refractivity contribution is -0.118. The van der Waals surface area contributed by atoms with Crippen molar-refractivity contribution in [2.24, 2.45) is 17.1 Å². The largest absolute Gasteiger partial charge is 0.370 e. The van der Waals surface area contributed by atoms with Crippen LogP contribution in [0.3, 0.4) is 0 Å². The molecule has 19 heavy (non-hydrogen) atoms. The van der Waals surface area contributed by atoms with Gasteiger partial charge in [0.1, 0.15) is 0 Å². The van der Waals surface area contributed by atoms with E-state index in [2.05, 4.69) is 44.0 Å². The highest BCUT2D eigenvalue weighted by Gasteiger charge is 2.59. The predicted octanol–water partition coefficient (Wildman–Crippen LogP) is 3.09. The lowest BCUT2D eigenvalue weighted by Crippen LogP contribution is -2.12. The molecule has 3 heteroatoms. The number of carbonyl (C=O) groups is 1. The zero-order valence-electron chi connectivity index (χ0n) is 11.7. The van der Waals surface area contributed by atoms with Gasteiger partial charge in [0.2, 0.25) is 5.91 Å². The normalized spacial score (nSPS) is 24.6. The maximum atomic E-state index is 11.2. The van der Waals surface area contributed by atoms with Crippen molar-refractivity contribution in [3.63, 3.8) is 0 Å². The first-order valence-electron chi connectivity index (χ1n) is 6.78. The van der Waals surface area contributed by atoms with Gasteiger partial charge >= 0.3 is 0 Å². The van der Waals surface area contributed by atoms with Gasteiger partial charge in [0.15, 0.2) is 0 Å². The highest BCUT2D eigenvalue weighted by atomic mass is 16.1. The first-order valence-corrected chi connectivity index (χ1v) is 6.78. The SMILES string of the molecule is Cc1[nH]c2ccccc2c1[C@H]1[C@H](CC(N)=O)C1(C)C. The summed E-state index contributed by atoms with van der Waals surface area (Å²) < 4.78 is 0. The Morgan fingerprint density at radius 3 is 2.74 bits per heavy atom. The summed E-state index contributed by atoms with van der Waals surface area (Å²) in [4.78, 5) is 14.7. The summed E-state index contributed by atoms with van der Waals surface area (Å²) in [6.07, 6.45) is 0.483. The molecule has 3 rings (SSSR count). The number of rotatable bonds is 3.